The lowest BCUT2D eigenvalue weighted by atomic mass is 10.0. The molecule has 1 aromatic carbocycles. The fourth-order valence-corrected chi connectivity index (χ4v) is 4.26. The van der Waals surface area contributed by atoms with Crippen LogP contribution >= 0.6 is 0 Å². The van der Waals surface area contributed by atoms with Crippen molar-refractivity contribution in [3.63, 3.8) is 0 Å². The standard InChI is InChI=1S/C24H29N5O4/c1-28-21(13-20(27-28)18-12-17(32-2)8-9-22(18)33-3)24(31)25-10-11-29-15-26-19(14-23(29)30)16-6-4-5-7-16/h8-9,12-16H,4-7,10-11H2,1-3H3,(H,25,31). The van der Waals surface area contributed by atoms with Crippen LogP contribution in [0.5, 0.6) is 11.5 Å². The summed E-state index contributed by atoms with van der Waals surface area (Å²) in [6.45, 7) is 0.642. The van der Waals surface area contributed by atoms with Crippen molar-refractivity contribution in [2.24, 2.45) is 7.05 Å². The monoisotopic (exact) mass is 451 g/mol. The number of nitrogens with zero attached hydrogens (tertiary/aromatic N) is 4. The third-order valence-corrected chi connectivity index (χ3v) is 6.11. The van der Waals surface area contributed by atoms with Gasteiger partial charge in [-0.3, -0.25) is 18.8 Å². The van der Waals surface area contributed by atoms with Crippen molar-refractivity contribution in [2.45, 2.75) is 38.1 Å². The van der Waals surface area contributed by atoms with Crippen molar-refractivity contribution in [3.05, 3.63) is 58.4 Å². The minimum absolute atomic E-state index is 0.0888. The molecule has 1 N–H and O–H groups in total. The lowest BCUT2D eigenvalue weighted by Gasteiger charge is -2.11. The van der Waals surface area contributed by atoms with Crippen LogP contribution in [-0.2, 0) is 13.6 Å². The zero-order valence-corrected chi connectivity index (χ0v) is 19.2. The first-order valence-corrected chi connectivity index (χ1v) is 11.1. The van der Waals surface area contributed by atoms with E-state index in [4.69, 9.17) is 9.47 Å². The van der Waals surface area contributed by atoms with E-state index >= 15 is 0 Å². The number of benzene rings is 1. The van der Waals surface area contributed by atoms with Crippen LogP contribution in [0.4, 0.5) is 0 Å². The molecule has 174 valence electrons. The molecule has 0 radical (unpaired) electrons. The van der Waals surface area contributed by atoms with Gasteiger partial charge in [0.1, 0.15) is 17.2 Å². The number of hydrogen-bond acceptors (Lipinski definition) is 6. The molecular weight excluding hydrogens is 422 g/mol. The highest BCUT2D eigenvalue weighted by Crippen LogP contribution is 2.33. The molecule has 0 unspecified atom stereocenters. The van der Waals surface area contributed by atoms with E-state index in [1.54, 1.807) is 51.9 Å². The molecule has 1 saturated carbocycles. The minimum Gasteiger partial charge on any atom is -0.497 e. The van der Waals surface area contributed by atoms with Crippen LogP contribution in [0.2, 0.25) is 0 Å². The van der Waals surface area contributed by atoms with Gasteiger partial charge in [0.05, 0.1) is 31.9 Å². The molecule has 0 aliphatic heterocycles. The fourth-order valence-electron chi connectivity index (χ4n) is 4.26. The molecule has 1 aliphatic rings. The van der Waals surface area contributed by atoms with E-state index in [0.717, 1.165) is 24.1 Å². The van der Waals surface area contributed by atoms with Crippen molar-refractivity contribution in [1.29, 1.82) is 0 Å². The number of hydrogen-bond donors (Lipinski definition) is 1. The van der Waals surface area contributed by atoms with E-state index in [2.05, 4.69) is 15.4 Å². The average molecular weight is 452 g/mol. The number of methoxy groups -OCH3 is 2. The van der Waals surface area contributed by atoms with Crippen molar-refractivity contribution in [2.75, 3.05) is 20.8 Å². The Kier molecular flexibility index (Phi) is 6.76. The second-order valence-electron chi connectivity index (χ2n) is 8.19. The highest BCUT2D eigenvalue weighted by Gasteiger charge is 2.19. The zero-order valence-electron chi connectivity index (χ0n) is 19.2. The topological polar surface area (TPSA) is 100 Å². The predicted octanol–water partition coefficient (Wildman–Crippen LogP) is 2.75. The zero-order chi connectivity index (χ0) is 23.4. The van der Waals surface area contributed by atoms with E-state index in [1.165, 1.54) is 22.1 Å². The molecule has 0 spiro atoms. The molecule has 2 heterocycles. The lowest BCUT2D eigenvalue weighted by Crippen LogP contribution is -2.32. The van der Waals surface area contributed by atoms with Gasteiger partial charge in [-0.1, -0.05) is 12.8 Å². The SMILES string of the molecule is COc1ccc(OC)c(-c2cc(C(=O)NCCn3cnc(C4CCCC4)cc3=O)n(C)n2)c1. The normalized spacial score (nSPS) is 13.8. The van der Waals surface area contributed by atoms with Gasteiger partial charge in [0.25, 0.3) is 11.5 Å². The lowest BCUT2D eigenvalue weighted by molar-refractivity contribution is 0.0942. The molecule has 0 bridgehead atoms. The molecule has 9 nitrogen and oxygen atoms in total. The number of rotatable bonds is 8. The summed E-state index contributed by atoms with van der Waals surface area (Å²) >= 11 is 0. The third kappa shape index (κ3) is 4.92. The van der Waals surface area contributed by atoms with Gasteiger partial charge in [-0.2, -0.15) is 5.10 Å². The summed E-state index contributed by atoms with van der Waals surface area (Å²) in [7, 11) is 4.88. The first-order valence-electron chi connectivity index (χ1n) is 11.1. The summed E-state index contributed by atoms with van der Waals surface area (Å²) in [6, 6.07) is 8.75. The van der Waals surface area contributed by atoms with Gasteiger partial charge in [0, 0.05) is 37.7 Å². The Morgan fingerprint density at radius 2 is 1.94 bits per heavy atom. The summed E-state index contributed by atoms with van der Waals surface area (Å²) < 4.78 is 13.8. The number of nitrogens with one attached hydrogen (secondary N) is 1. The van der Waals surface area contributed by atoms with Crippen molar-refractivity contribution >= 4 is 5.91 Å². The van der Waals surface area contributed by atoms with E-state index < -0.39 is 0 Å². The summed E-state index contributed by atoms with van der Waals surface area (Å²) in [5, 5.41) is 7.33. The minimum atomic E-state index is -0.276. The van der Waals surface area contributed by atoms with Gasteiger partial charge in [0.15, 0.2) is 0 Å². The predicted molar refractivity (Wildman–Crippen MR) is 124 cm³/mol. The van der Waals surface area contributed by atoms with Crippen LogP contribution in [0, 0.1) is 0 Å². The van der Waals surface area contributed by atoms with Gasteiger partial charge in [0.2, 0.25) is 0 Å². The largest absolute Gasteiger partial charge is 0.497 e. The van der Waals surface area contributed by atoms with Gasteiger partial charge < -0.3 is 14.8 Å². The van der Waals surface area contributed by atoms with Crippen molar-refractivity contribution in [3.8, 4) is 22.8 Å². The van der Waals surface area contributed by atoms with Crippen LogP contribution in [0.1, 0.15) is 47.8 Å². The summed E-state index contributed by atoms with van der Waals surface area (Å²) in [5.41, 5.74) is 2.52. The van der Waals surface area contributed by atoms with E-state index in [9.17, 15) is 9.59 Å². The van der Waals surface area contributed by atoms with Gasteiger partial charge in [-0.25, -0.2) is 4.98 Å². The molecule has 2 aromatic heterocycles. The first-order chi connectivity index (χ1) is 16.0. The maximum atomic E-state index is 12.8. The number of ether oxygens (including phenoxy) is 2. The third-order valence-electron chi connectivity index (χ3n) is 6.11. The number of carbonyl (C=O) groups is 1. The van der Waals surface area contributed by atoms with Crippen LogP contribution in [0.25, 0.3) is 11.3 Å². The van der Waals surface area contributed by atoms with Gasteiger partial charge >= 0.3 is 0 Å². The van der Waals surface area contributed by atoms with Crippen LogP contribution < -0.4 is 20.3 Å². The maximum Gasteiger partial charge on any atom is 0.269 e. The molecule has 9 heteroatoms. The first kappa shape index (κ1) is 22.6. The van der Waals surface area contributed by atoms with Crippen LogP contribution in [-0.4, -0.2) is 46.0 Å². The summed E-state index contributed by atoms with van der Waals surface area (Å²) in [6.07, 6.45) is 6.17. The van der Waals surface area contributed by atoms with Crippen molar-refractivity contribution < 1.29 is 14.3 Å². The molecule has 0 atom stereocenters. The summed E-state index contributed by atoms with van der Waals surface area (Å²) in [4.78, 5) is 29.7. The van der Waals surface area contributed by atoms with E-state index in [-0.39, 0.29) is 11.5 Å². The molecule has 3 aromatic rings. The second-order valence-corrected chi connectivity index (χ2v) is 8.19. The smallest absolute Gasteiger partial charge is 0.269 e. The van der Waals surface area contributed by atoms with Crippen LogP contribution in [0.3, 0.4) is 0 Å². The number of aromatic nitrogens is 4. The Morgan fingerprint density at radius 1 is 1.15 bits per heavy atom. The Balaban J connectivity index is 1.42. The Hall–Kier alpha value is -3.62. The number of amides is 1. The number of carbonyl (C=O) groups excluding carboxylic acids is 1. The second kappa shape index (κ2) is 9.89. The highest BCUT2D eigenvalue weighted by molar-refractivity contribution is 5.93. The average Bonchev–Trinajstić information content (AvgIpc) is 3.49. The Bertz CT molecular complexity index is 1190. The number of aryl methyl sites for hydroxylation is 1. The van der Waals surface area contributed by atoms with E-state index in [1.807, 2.05) is 6.07 Å². The molecule has 0 saturated heterocycles. The van der Waals surface area contributed by atoms with Gasteiger partial charge in [-0.05, 0) is 37.1 Å². The molecular formula is C24H29N5O4. The Labute approximate surface area is 192 Å². The molecule has 1 aliphatic carbocycles. The highest BCUT2D eigenvalue weighted by atomic mass is 16.5. The van der Waals surface area contributed by atoms with Crippen molar-refractivity contribution in [1.82, 2.24) is 24.6 Å². The van der Waals surface area contributed by atoms with E-state index in [0.29, 0.717) is 41.9 Å². The molecule has 1 fully saturated rings. The molecule has 4 rings (SSSR count). The fraction of sp³-hybridized carbons (Fsp3) is 0.417. The maximum absolute atomic E-state index is 12.8. The molecule has 33 heavy (non-hydrogen) atoms. The van der Waals surface area contributed by atoms with Gasteiger partial charge in [-0.15, -0.1) is 0 Å². The Morgan fingerprint density at radius 3 is 2.64 bits per heavy atom. The summed E-state index contributed by atoms with van der Waals surface area (Å²) in [5.74, 6) is 1.42. The molecule has 1 amide bonds. The van der Waals surface area contributed by atoms with Crippen LogP contribution in [0.15, 0.2) is 41.5 Å². The quantitative estimate of drug-likeness (QED) is 0.565.